The number of rotatable bonds is 2. The molecule has 0 saturated heterocycles. The minimum absolute atomic E-state index is 0.0831. The Morgan fingerprint density at radius 2 is 1.69 bits per heavy atom. The van der Waals surface area contributed by atoms with Crippen LogP contribution in [-0.4, -0.2) is 18.2 Å². The smallest absolute Gasteiger partial charge is 0.391 e. The quantitative estimate of drug-likeness (QED) is 0.421. The van der Waals surface area contributed by atoms with Gasteiger partial charge >= 0.3 is 12.1 Å². The molecule has 1 aliphatic rings. The summed E-state index contributed by atoms with van der Waals surface area (Å²) in [4.78, 5) is 10.8. The van der Waals surface area contributed by atoms with E-state index in [4.69, 9.17) is 0 Å². The van der Waals surface area contributed by atoms with Crippen LogP contribution in [0.3, 0.4) is 0 Å². The van der Waals surface area contributed by atoms with Crippen LogP contribution < -0.4 is 0 Å². The zero-order valence-corrected chi connectivity index (χ0v) is 8.52. The first-order valence-electron chi connectivity index (χ1n) is 4.93. The van der Waals surface area contributed by atoms with E-state index < -0.39 is 30.0 Å². The molecule has 0 aliphatic heterocycles. The van der Waals surface area contributed by atoms with Gasteiger partial charge in [-0.1, -0.05) is 6.58 Å². The van der Waals surface area contributed by atoms with E-state index in [9.17, 15) is 22.4 Å². The van der Waals surface area contributed by atoms with Gasteiger partial charge in [-0.25, -0.2) is 4.79 Å². The molecule has 0 atom stereocenters. The molecule has 0 bridgehead atoms. The number of hydrogen-bond donors (Lipinski definition) is 0. The zero-order valence-electron chi connectivity index (χ0n) is 8.52. The van der Waals surface area contributed by atoms with Crippen molar-refractivity contribution in [1.82, 2.24) is 0 Å². The second kappa shape index (κ2) is 4.84. The Hall–Kier alpha value is -1.07. The minimum atomic E-state index is -4.20. The Labute approximate surface area is 90.3 Å². The third-order valence-corrected chi connectivity index (χ3v) is 2.63. The van der Waals surface area contributed by atoms with E-state index in [1.807, 2.05) is 0 Å². The number of esters is 1. The first-order valence-corrected chi connectivity index (χ1v) is 4.93. The lowest BCUT2D eigenvalue weighted by Gasteiger charge is -2.29. The van der Waals surface area contributed by atoms with Crippen LogP contribution in [0.25, 0.3) is 0 Å². The second-order valence-corrected chi connectivity index (χ2v) is 3.83. The first kappa shape index (κ1) is 13.0. The zero-order chi connectivity index (χ0) is 12.3. The summed E-state index contributed by atoms with van der Waals surface area (Å²) in [5.41, 5.74) is 0. The summed E-state index contributed by atoms with van der Waals surface area (Å²) < 4.78 is 53.7. The highest BCUT2D eigenvalue weighted by Gasteiger charge is 2.42. The Kier molecular flexibility index (Phi) is 3.93. The van der Waals surface area contributed by atoms with Gasteiger partial charge in [0.05, 0.1) is 5.92 Å². The molecule has 1 aliphatic carbocycles. The van der Waals surface area contributed by atoms with Crippen LogP contribution >= 0.6 is 0 Å². The minimum Gasteiger partial charge on any atom is -0.457 e. The fraction of sp³-hybridized carbons (Fsp3) is 0.700. The molecule has 1 saturated carbocycles. The lowest BCUT2D eigenvalue weighted by Crippen LogP contribution is -2.31. The molecule has 0 aromatic heterocycles. The molecule has 1 fully saturated rings. The molecule has 6 heteroatoms. The maximum Gasteiger partial charge on any atom is 0.391 e. The van der Waals surface area contributed by atoms with Crippen molar-refractivity contribution in [3.8, 4) is 0 Å². The summed E-state index contributed by atoms with van der Waals surface area (Å²) in [6.45, 7) is 2.75. The highest BCUT2D eigenvalue weighted by atomic mass is 19.4. The third kappa shape index (κ3) is 3.50. The standard InChI is InChI=1S/C10H12F4O2/c1-6(11)9(15)16-8-4-2-7(3-5-8)10(12,13)14/h7-8H,1-5H2. The van der Waals surface area contributed by atoms with Crippen LogP contribution in [-0.2, 0) is 9.53 Å². The van der Waals surface area contributed by atoms with Crippen molar-refractivity contribution in [2.75, 3.05) is 0 Å². The van der Waals surface area contributed by atoms with Gasteiger partial charge in [-0.2, -0.15) is 17.6 Å². The topological polar surface area (TPSA) is 26.3 Å². The van der Waals surface area contributed by atoms with Crippen molar-refractivity contribution in [3.05, 3.63) is 12.4 Å². The van der Waals surface area contributed by atoms with E-state index >= 15 is 0 Å². The highest BCUT2D eigenvalue weighted by molar-refractivity contribution is 5.85. The van der Waals surface area contributed by atoms with E-state index in [0.717, 1.165) is 0 Å². The van der Waals surface area contributed by atoms with Gasteiger partial charge in [0.15, 0.2) is 0 Å². The molecule has 0 unspecified atom stereocenters. The van der Waals surface area contributed by atoms with Crippen LogP contribution in [0.5, 0.6) is 0 Å². The SMILES string of the molecule is C=C(F)C(=O)OC1CCC(C(F)(F)F)CC1. The van der Waals surface area contributed by atoms with Gasteiger partial charge in [0.1, 0.15) is 6.10 Å². The Morgan fingerprint density at radius 3 is 2.06 bits per heavy atom. The normalized spacial score (nSPS) is 26.2. The number of carbonyl (C=O) groups is 1. The molecule has 2 nitrogen and oxygen atoms in total. The lowest BCUT2D eigenvalue weighted by molar-refractivity contribution is -0.188. The molecule has 0 heterocycles. The number of halogens is 4. The summed E-state index contributed by atoms with van der Waals surface area (Å²) in [7, 11) is 0. The maximum absolute atomic E-state index is 12.3. The average molecular weight is 240 g/mol. The fourth-order valence-corrected chi connectivity index (χ4v) is 1.72. The average Bonchev–Trinajstić information content (AvgIpc) is 2.17. The Balaban J connectivity index is 2.38. The van der Waals surface area contributed by atoms with Crippen LogP contribution in [0.15, 0.2) is 12.4 Å². The lowest BCUT2D eigenvalue weighted by atomic mass is 9.87. The van der Waals surface area contributed by atoms with E-state index in [1.165, 1.54) is 0 Å². The fourth-order valence-electron chi connectivity index (χ4n) is 1.72. The second-order valence-electron chi connectivity index (χ2n) is 3.83. The Morgan fingerprint density at radius 1 is 1.19 bits per heavy atom. The summed E-state index contributed by atoms with van der Waals surface area (Å²) in [5, 5.41) is 0. The van der Waals surface area contributed by atoms with Gasteiger partial charge in [-0.3, -0.25) is 0 Å². The number of carbonyl (C=O) groups excluding carboxylic acids is 1. The van der Waals surface area contributed by atoms with E-state index in [-0.39, 0.29) is 25.7 Å². The highest BCUT2D eigenvalue weighted by Crippen LogP contribution is 2.38. The number of alkyl halides is 3. The van der Waals surface area contributed by atoms with Crippen molar-refractivity contribution in [2.24, 2.45) is 5.92 Å². The van der Waals surface area contributed by atoms with Crippen molar-refractivity contribution in [3.63, 3.8) is 0 Å². The first-order chi connectivity index (χ1) is 7.30. The van der Waals surface area contributed by atoms with Gasteiger partial charge < -0.3 is 4.74 Å². The van der Waals surface area contributed by atoms with E-state index in [2.05, 4.69) is 11.3 Å². The van der Waals surface area contributed by atoms with E-state index in [1.54, 1.807) is 0 Å². The van der Waals surface area contributed by atoms with Crippen molar-refractivity contribution < 1.29 is 27.1 Å². The summed E-state index contributed by atoms with van der Waals surface area (Å²) in [5.74, 6) is -3.75. The molecule has 0 spiro atoms. The predicted octanol–water partition coefficient (Wildman–Crippen LogP) is 3.13. The van der Waals surface area contributed by atoms with Gasteiger partial charge in [0.2, 0.25) is 5.83 Å². The molecular formula is C10H12F4O2. The molecule has 1 rings (SSSR count). The summed E-state index contributed by atoms with van der Waals surface area (Å²) in [6, 6.07) is 0. The molecule has 0 amide bonds. The van der Waals surface area contributed by atoms with Gasteiger partial charge in [-0.15, -0.1) is 0 Å². The van der Waals surface area contributed by atoms with Crippen LogP contribution in [0.2, 0.25) is 0 Å². The largest absolute Gasteiger partial charge is 0.457 e. The molecular weight excluding hydrogens is 228 g/mol. The summed E-state index contributed by atoms with van der Waals surface area (Å²) >= 11 is 0. The van der Waals surface area contributed by atoms with Crippen molar-refractivity contribution in [2.45, 2.75) is 38.0 Å². The number of ether oxygens (including phenoxy) is 1. The Bertz CT molecular complexity index is 277. The molecule has 0 aromatic carbocycles. The number of hydrogen-bond acceptors (Lipinski definition) is 2. The van der Waals surface area contributed by atoms with Gasteiger partial charge in [0, 0.05) is 0 Å². The van der Waals surface area contributed by atoms with Crippen LogP contribution in [0.1, 0.15) is 25.7 Å². The van der Waals surface area contributed by atoms with Crippen LogP contribution in [0.4, 0.5) is 17.6 Å². The molecule has 16 heavy (non-hydrogen) atoms. The molecule has 0 aromatic rings. The van der Waals surface area contributed by atoms with Crippen LogP contribution in [0, 0.1) is 5.92 Å². The molecule has 0 N–H and O–H groups in total. The summed E-state index contributed by atoms with van der Waals surface area (Å²) in [6.07, 6.45) is -4.76. The monoisotopic (exact) mass is 240 g/mol. The van der Waals surface area contributed by atoms with Crippen molar-refractivity contribution >= 4 is 5.97 Å². The molecule has 92 valence electrons. The van der Waals surface area contributed by atoms with Gasteiger partial charge in [-0.05, 0) is 25.7 Å². The maximum atomic E-state index is 12.3. The predicted molar refractivity (Wildman–Crippen MR) is 48.1 cm³/mol. The van der Waals surface area contributed by atoms with E-state index in [0.29, 0.717) is 0 Å². The van der Waals surface area contributed by atoms with Gasteiger partial charge in [0.25, 0.3) is 0 Å². The third-order valence-electron chi connectivity index (χ3n) is 2.63. The molecule has 0 radical (unpaired) electrons. The van der Waals surface area contributed by atoms with Crippen molar-refractivity contribution in [1.29, 1.82) is 0 Å².